The van der Waals surface area contributed by atoms with Crippen molar-refractivity contribution in [1.82, 2.24) is 0 Å². The van der Waals surface area contributed by atoms with Gasteiger partial charge in [0, 0.05) is 50.5 Å². The van der Waals surface area contributed by atoms with Gasteiger partial charge in [0.05, 0.1) is 24.8 Å². The summed E-state index contributed by atoms with van der Waals surface area (Å²) in [4.78, 5) is 8.65. The van der Waals surface area contributed by atoms with Crippen molar-refractivity contribution < 1.29 is 0 Å². The van der Waals surface area contributed by atoms with E-state index in [1.165, 1.54) is 121 Å². The Balaban J connectivity index is 1.16. The molecule has 3 nitrogen and oxygen atoms in total. The molecular weight excluding hydrogens is 958 g/mol. The molecule has 8 aromatic rings. The Morgan fingerprint density at radius 3 is 1.62 bits per heavy atom. The highest BCUT2D eigenvalue weighted by molar-refractivity contribution is 7.01. The van der Waals surface area contributed by atoms with Crippen molar-refractivity contribution in [2.24, 2.45) is 0 Å². The SMILES string of the molecule is CC(C)(C)c1ccc(N2c3cc(C(C)(C)C)ccc3B3c4cc([Si](C)(C)C)cc5c4N(c4cc(N6c7ccccc7C7(c8ccccc8)CCCCC67C)cc2c43)C2(C)CCCCC52c2ccccc2)c(-c2ccccc2)c1. The molecule has 0 aromatic heterocycles. The fourth-order valence-electron chi connectivity index (χ4n) is 16.8. The summed E-state index contributed by atoms with van der Waals surface area (Å²) in [5.74, 6) is 0. The zero-order chi connectivity index (χ0) is 53.9. The molecule has 4 aliphatic heterocycles. The second kappa shape index (κ2) is 17.0. The first kappa shape index (κ1) is 49.7. The average molecular weight is 1040 g/mol. The fourth-order valence-corrected chi connectivity index (χ4v) is 18.0. The number of rotatable bonds is 6. The predicted molar refractivity (Wildman–Crippen MR) is 337 cm³/mol. The molecule has 4 atom stereocenters. The standard InChI is InChI=1S/C73H78BN3Si/c1-68(2,3)52-36-38-61(56(43-52)49-27-15-12-16-28-49)75-63-44-53(69(4,5)6)35-37-59(63)74-60-48-55(78(9,10)11)47-58-67(60)77(71(8)40-24-26-42-73(58,71)51-31-19-14-20-32-51)65-46-54(45-64(75)66(65)74)76-62-34-22-21-33-57(62)72(50-29-17-13-18-30-50)41-25-23-39-70(72,76)7/h12-22,27-38,43-48H,23-26,39-42H2,1-11H3. The van der Waals surface area contributed by atoms with Crippen LogP contribution in [0, 0.1) is 0 Å². The third-order valence-electron chi connectivity index (χ3n) is 20.7. The number of hydrogen-bond donors (Lipinski definition) is 0. The summed E-state index contributed by atoms with van der Waals surface area (Å²) < 4.78 is 0. The highest BCUT2D eigenvalue weighted by Gasteiger charge is 2.66. The van der Waals surface area contributed by atoms with Gasteiger partial charge >= 0.3 is 0 Å². The van der Waals surface area contributed by atoms with Gasteiger partial charge in [0.2, 0.25) is 0 Å². The van der Waals surface area contributed by atoms with Gasteiger partial charge in [0.15, 0.2) is 0 Å². The van der Waals surface area contributed by atoms with Crippen molar-refractivity contribution in [2.45, 2.75) is 159 Å². The maximum atomic E-state index is 3.00. The number of nitrogens with zero attached hydrogens (tertiary/aromatic N) is 3. The van der Waals surface area contributed by atoms with Crippen LogP contribution >= 0.6 is 0 Å². The zero-order valence-corrected chi connectivity index (χ0v) is 49.3. The van der Waals surface area contributed by atoms with Gasteiger partial charge in [-0.15, -0.1) is 0 Å². The summed E-state index contributed by atoms with van der Waals surface area (Å²) in [6.07, 6.45) is 9.31. The number of benzene rings is 8. The molecule has 0 N–H and O–H groups in total. The lowest BCUT2D eigenvalue weighted by molar-refractivity contribution is 0.214. The van der Waals surface area contributed by atoms with Crippen molar-refractivity contribution in [3.05, 3.63) is 209 Å². The normalized spacial score (nSPS) is 23.8. The summed E-state index contributed by atoms with van der Waals surface area (Å²) in [6, 6.07) is 70.3. The molecule has 2 saturated carbocycles. The van der Waals surface area contributed by atoms with Gasteiger partial charge in [-0.05, 0) is 142 Å². The summed E-state index contributed by atoms with van der Waals surface area (Å²) >= 11 is 0. The van der Waals surface area contributed by atoms with E-state index in [1.807, 2.05) is 0 Å². The van der Waals surface area contributed by atoms with Gasteiger partial charge in [-0.3, -0.25) is 0 Å². The molecule has 4 unspecified atom stereocenters. The Bertz CT molecular complexity index is 3720. The van der Waals surface area contributed by atoms with Gasteiger partial charge in [-0.2, -0.15) is 0 Å². The van der Waals surface area contributed by atoms with Crippen LogP contribution in [0.4, 0.5) is 39.8 Å². The first-order chi connectivity index (χ1) is 37.3. The van der Waals surface area contributed by atoms with Crippen LogP contribution in [0.5, 0.6) is 0 Å². The first-order valence-corrected chi connectivity index (χ1v) is 33.1. The van der Waals surface area contributed by atoms with E-state index in [-0.39, 0.29) is 39.5 Å². The maximum Gasteiger partial charge on any atom is 0.252 e. The average Bonchev–Trinajstić information content (AvgIpc) is 2.55. The van der Waals surface area contributed by atoms with Crippen molar-refractivity contribution in [3.63, 3.8) is 0 Å². The molecule has 14 rings (SSSR count). The number of fused-ring (bicyclic) bond motifs is 10. The molecule has 6 aliphatic rings. The van der Waals surface area contributed by atoms with Gasteiger partial charge in [-0.25, -0.2) is 0 Å². The fraction of sp³-hybridized carbons (Fsp3) is 0.342. The summed E-state index contributed by atoms with van der Waals surface area (Å²) in [5.41, 5.74) is 23.9. The zero-order valence-electron chi connectivity index (χ0n) is 48.3. The Morgan fingerprint density at radius 2 is 0.987 bits per heavy atom. The predicted octanol–water partition coefficient (Wildman–Crippen LogP) is 16.6. The minimum atomic E-state index is -1.88. The number of anilines is 7. The molecule has 8 aromatic carbocycles. The van der Waals surface area contributed by atoms with Gasteiger partial charge in [0.1, 0.15) is 0 Å². The second-order valence-corrected chi connectivity index (χ2v) is 33.0. The summed E-state index contributed by atoms with van der Waals surface area (Å²) in [5, 5.41) is 1.57. The van der Waals surface area contributed by atoms with Crippen LogP contribution in [0.25, 0.3) is 11.1 Å². The van der Waals surface area contributed by atoms with Crippen LogP contribution < -0.4 is 36.3 Å². The topological polar surface area (TPSA) is 9.72 Å². The number of para-hydroxylation sites is 1. The molecule has 4 heterocycles. The molecular formula is C73H78BN3Si. The Hall–Kier alpha value is -6.56. The Morgan fingerprint density at radius 1 is 0.449 bits per heavy atom. The Labute approximate surface area is 467 Å². The molecule has 2 fully saturated rings. The van der Waals surface area contributed by atoms with E-state index in [9.17, 15) is 0 Å². The van der Waals surface area contributed by atoms with Crippen molar-refractivity contribution >= 4 is 76.2 Å². The molecule has 78 heavy (non-hydrogen) atoms. The summed E-state index contributed by atoms with van der Waals surface area (Å²) in [7, 11) is -1.88. The maximum absolute atomic E-state index is 3.00. The molecule has 392 valence electrons. The highest BCUT2D eigenvalue weighted by Crippen LogP contribution is 2.67. The minimum Gasteiger partial charge on any atom is -0.335 e. The second-order valence-electron chi connectivity index (χ2n) is 27.9. The molecule has 0 spiro atoms. The minimum absolute atomic E-state index is 0.0239. The summed E-state index contributed by atoms with van der Waals surface area (Å²) in [6.45, 7) is 27.3. The molecule has 0 saturated heterocycles. The lowest BCUT2D eigenvalue weighted by Crippen LogP contribution is -2.65. The van der Waals surface area contributed by atoms with Crippen molar-refractivity contribution in [3.8, 4) is 11.1 Å². The number of hydrogen-bond acceptors (Lipinski definition) is 3. The molecule has 2 aliphatic carbocycles. The van der Waals surface area contributed by atoms with Crippen LogP contribution in [0.3, 0.4) is 0 Å². The van der Waals surface area contributed by atoms with E-state index in [2.05, 4.69) is 266 Å². The quantitative estimate of drug-likeness (QED) is 0.154. The van der Waals surface area contributed by atoms with E-state index in [0.29, 0.717) is 0 Å². The van der Waals surface area contributed by atoms with Crippen molar-refractivity contribution in [1.29, 1.82) is 0 Å². The van der Waals surface area contributed by atoms with Gasteiger partial charge < -0.3 is 14.7 Å². The molecule has 0 bridgehead atoms. The smallest absolute Gasteiger partial charge is 0.252 e. The van der Waals surface area contributed by atoms with Crippen LogP contribution in [0.15, 0.2) is 176 Å². The van der Waals surface area contributed by atoms with Crippen LogP contribution in [0.2, 0.25) is 19.6 Å². The van der Waals surface area contributed by atoms with E-state index in [4.69, 9.17) is 0 Å². The van der Waals surface area contributed by atoms with Crippen LogP contribution in [0.1, 0.15) is 140 Å². The molecule has 5 heteroatoms. The van der Waals surface area contributed by atoms with E-state index >= 15 is 0 Å². The van der Waals surface area contributed by atoms with Crippen LogP contribution in [-0.2, 0) is 21.7 Å². The molecule has 0 radical (unpaired) electrons. The van der Waals surface area contributed by atoms with E-state index < -0.39 is 8.07 Å². The first-order valence-electron chi connectivity index (χ1n) is 29.6. The van der Waals surface area contributed by atoms with Gasteiger partial charge in [0.25, 0.3) is 6.71 Å². The highest BCUT2D eigenvalue weighted by atomic mass is 28.3. The van der Waals surface area contributed by atoms with Gasteiger partial charge in [-0.1, -0.05) is 232 Å². The Kier molecular flexibility index (Phi) is 10.8. The van der Waals surface area contributed by atoms with E-state index in [1.54, 1.807) is 10.8 Å². The third kappa shape index (κ3) is 6.69. The third-order valence-corrected chi connectivity index (χ3v) is 22.7. The van der Waals surface area contributed by atoms with Crippen LogP contribution in [-0.4, -0.2) is 25.9 Å². The van der Waals surface area contributed by atoms with Crippen molar-refractivity contribution in [2.75, 3.05) is 14.7 Å². The molecule has 0 amide bonds. The van der Waals surface area contributed by atoms with E-state index in [0.717, 1.165) is 25.7 Å². The monoisotopic (exact) mass is 1040 g/mol. The lowest BCUT2D eigenvalue weighted by atomic mass is 9.33. The lowest BCUT2D eigenvalue weighted by Gasteiger charge is -2.55. The largest absolute Gasteiger partial charge is 0.335 e.